The number of aliphatic carboxylic acids is 1. The van der Waals surface area contributed by atoms with Crippen LogP contribution in [0.2, 0.25) is 0 Å². The normalized spacial score (nSPS) is 18.6. The van der Waals surface area contributed by atoms with Gasteiger partial charge in [0.15, 0.2) is 0 Å². The van der Waals surface area contributed by atoms with Crippen LogP contribution in [0.5, 0.6) is 5.75 Å². The van der Waals surface area contributed by atoms with Crippen molar-refractivity contribution in [2.75, 3.05) is 0 Å². The average Bonchev–Trinajstić information content (AvgIpc) is 3.25. The van der Waals surface area contributed by atoms with Gasteiger partial charge in [0, 0.05) is 0 Å². The molecule has 0 spiro atoms. The van der Waals surface area contributed by atoms with E-state index in [9.17, 15) is 19.8 Å². The van der Waals surface area contributed by atoms with Gasteiger partial charge in [-0.25, -0.2) is 4.79 Å². The largest absolute Gasteiger partial charge is 0.508 e. The van der Waals surface area contributed by atoms with Crippen molar-refractivity contribution in [2.24, 2.45) is 11.7 Å². The molecule has 2 atom stereocenters. The van der Waals surface area contributed by atoms with Gasteiger partial charge in [0.1, 0.15) is 11.3 Å². The molecule has 5 N–H and O–H groups in total. The third kappa shape index (κ3) is 3.52. The molecular formula is C15H20N2O4. The molecule has 1 aliphatic rings. The predicted molar refractivity (Wildman–Crippen MR) is 76.7 cm³/mol. The Kier molecular flexibility index (Phi) is 4.18. The summed E-state index contributed by atoms with van der Waals surface area (Å²) in [6.45, 7) is 1.53. The number of carbonyl (C=O) groups is 2. The van der Waals surface area contributed by atoms with Gasteiger partial charge in [-0.15, -0.1) is 0 Å². The lowest BCUT2D eigenvalue weighted by Crippen LogP contribution is -2.58. The van der Waals surface area contributed by atoms with E-state index in [1.165, 1.54) is 19.1 Å². The highest BCUT2D eigenvalue weighted by Crippen LogP contribution is 2.39. The van der Waals surface area contributed by atoms with Gasteiger partial charge in [-0.3, -0.25) is 4.79 Å². The van der Waals surface area contributed by atoms with Crippen LogP contribution < -0.4 is 11.1 Å². The fourth-order valence-corrected chi connectivity index (χ4v) is 2.32. The van der Waals surface area contributed by atoms with Crippen molar-refractivity contribution < 1.29 is 19.8 Å². The lowest BCUT2D eigenvalue weighted by atomic mass is 9.95. The average molecular weight is 292 g/mol. The zero-order chi connectivity index (χ0) is 15.6. The molecule has 1 unspecified atom stereocenters. The molecule has 114 valence electrons. The van der Waals surface area contributed by atoms with Crippen LogP contribution >= 0.6 is 0 Å². The first-order valence-corrected chi connectivity index (χ1v) is 6.92. The van der Waals surface area contributed by atoms with Crippen molar-refractivity contribution in [3.05, 3.63) is 29.8 Å². The molecule has 21 heavy (non-hydrogen) atoms. The Morgan fingerprint density at radius 1 is 1.38 bits per heavy atom. The molecule has 0 aliphatic heterocycles. The number of carboxylic acid groups (broad SMARTS) is 1. The van der Waals surface area contributed by atoms with E-state index in [1.807, 2.05) is 0 Å². The molecule has 0 bridgehead atoms. The summed E-state index contributed by atoms with van der Waals surface area (Å²) in [6.07, 6.45) is 1.89. The Bertz CT molecular complexity index is 539. The van der Waals surface area contributed by atoms with Crippen LogP contribution in [0.15, 0.2) is 24.3 Å². The van der Waals surface area contributed by atoms with Crippen molar-refractivity contribution in [3.8, 4) is 5.75 Å². The number of amides is 1. The van der Waals surface area contributed by atoms with Gasteiger partial charge in [-0.05, 0) is 49.8 Å². The summed E-state index contributed by atoms with van der Waals surface area (Å²) in [6, 6.07) is 5.57. The lowest BCUT2D eigenvalue weighted by molar-refractivity contribution is -0.148. The molecule has 1 aromatic carbocycles. The summed E-state index contributed by atoms with van der Waals surface area (Å²) < 4.78 is 0. The zero-order valence-electron chi connectivity index (χ0n) is 11.9. The number of rotatable bonds is 6. The number of aromatic hydroxyl groups is 1. The van der Waals surface area contributed by atoms with Crippen LogP contribution in [0, 0.1) is 5.92 Å². The standard InChI is InChI=1S/C15H20N2O4/c1-15(14(20)21,10-4-5-10)17-13(19)12(16)8-9-2-6-11(18)7-3-9/h2-3,6-7,10,12,18H,4-5,8,16H2,1H3,(H,17,19)(H,20,21)/t12-,15?/m0/s1. The molecule has 1 amide bonds. The second-order valence-corrected chi connectivity index (χ2v) is 5.75. The van der Waals surface area contributed by atoms with E-state index in [0.717, 1.165) is 18.4 Å². The predicted octanol–water partition coefficient (Wildman–Crippen LogP) is 0.631. The van der Waals surface area contributed by atoms with E-state index in [2.05, 4.69) is 5.32 Å². The first-order chi connectivity index (χ1) is 9.83. The summed E-state index contributed by atoms with van der Waals surface area (Å²) in [5.74, 6) is -1.39. The van der Waals surface area contributed by atoms with E-state index in [-0.39, 0.29) is 18.1 Å². The summed E-state index contributed by atoms with van der Waals surface area (Å²) in [4.78, 5) is 23.5. The third-order valence-electron chi connectivity index (χ3n) is 3.95. The van der Waals surface area contributed by atoms with Gasteiger partial charge in [0.2, 0.25) is 5.91 Å². The smallest absolute Gasteiger partial charge is 0.329 e. The molecule has 0 heterocycles. The number of carbonyl (C=O) groups excluding carboxylic acids is 1. The fourth-order valence-electron chi connectivity index (χ4n) is 2.32. The molecule has 2 rings (SSSR count). The van der Waals surface area contributed by atoms with Crippen molar-refractivity contribution in [1.29, 1.82) is 0 Å². The number of hydrogen-bond acceptors (Lipinski definition) is 4. The number of nitrogens with one attached hydrogen (secondary N) is 1. The number of nitrogens with two attached hydrogens (primary N) is 1. The first kappa shape index (κ1) is 15.3. The molecule has 6 heteroatoms. The molecule has 6 nitrogen and oxygen atoms in total. The Labute approximate surface area is 123 Å². The van der Waals surface area contributed by atoms with Crippen LogP contribution in [-0.2, 0) is 16.0 Å². The highest BCUT2D eigenvalue weighted by Gasteiger charge is 2.48. The molecule has 1 aromatic rings. The summed E-state index contributed by atoms with van der Waals surface area (Å²) in [5, 5.41) is 21.1. The molecule has 1 aliphatic carbocycles. The third-order valence-corrected chi connectivity index (χ3v) is 3.95. The van der Waals surface area contributed by atoms with Crippen LogP contribution in [0.4, 0.5) is 0 Å². The van der Waals surface area contributed by atoms with Crippen molar-refractivity contribution >= 4 is 11.9 Å². The van der Waals surface area contributed by atoms with Crippen LogP contribution in [0.1, 0.15) is 25.3 Å². The number of benzene rings is 1. The summed E-state index contributed by atoms with van der Waals surface area (Å²) in [5.41, 5.74) is 5.41. The lowest BCUT2D eigenvalue weighted by Gasteiger charge is -2.27. The maximum absolute atomic E-state index is 12.1. The molecular weight excluding hydrogens is 272 g/mol. The fraction of sp³-hybridized carbons (Fsp3) is 0.467. The van der Waals surface area contributed by atoms with E-state index >= 15 is 0 Å². The minimum atomic E-state index is -1.25. The minimum absolute atomic E-state index is 0.0279. The van der Waals surface area contributed by atoms with Gasteiger partial charge in [0.05, 0.1) is 6.04 Å². The van der Waals surface area contributed by atoms with Crippen LogP contribution in [0.25, 0.3) is 0 Å². The van der Waals surface area contributed by atoms with Crippen molar-refractivity contribution in [2.45, 2.75) is 37.8 Å². The molecule has 0 aromatic heterocycles. The Morgan fingerprint density at radius 2 is 1.95 bits per heavy atom. The van der Waals surface area contributed by atoms with Crippen molar-refractivity contribution in [3.63, 3.8) is 0 Å². The van der Waals surface area contributed by atoms with Crippen molar-refractivity contribution in [1.82, 2.24) is 5.32 Å². The van der Waals surface area contributed by atoms with Gasteiger partial charge >= 0.3 is 5.97 Å². The minimum Gasteiger partial charge on any atom is -0.508 e. The molecule has 1 saturated carbocycles. The van der Waals surface area contributed by atoms with E-state index in [4.69, 9.17) is 5.73 Å². The number of phenols is 1. The molecule has 0 saturated heterocycles. The van der Waals surface area contributed by atoms with Gasteiger partial charge < -0.3 is 21.3 Å². The quantitative estimate of drug-likeness (QED) is 0.614. The molecule has 1 fully saturated rings. The Morgan fingerprint density at radius 3 is 2.43 bits per heavy atom. The highest BCUT2D eigenvalue weighted by molar-refractivity contribution is 5.89. The number of hydrogen-bond donors (Lipinski definition) is 4. The second kappa shape index (κ2) is 5.73. The second-order valence-electron chi connectivity index (χ2n) is 5.75. The maximum Gasteiger partial charge on any atom is 0.329 e. The van der Waals surface area contributed by atoms with Gasteiger partial charge in [-0.1, -0.05) is 12.1 Å². The first-order valence-electron chi connectivity index (χ1n) is 6.92. The van der Waals surface area contributed by atoms with E-state index in [0.29, 0.717) is 0 Å². The van der Waals surface area contributed by atoms with Crippen LogP contribution in [-0.4, -0.2) is 33.7 Å². The van der Waals surface area contributed by atoms with E-state index < -0.39 is 23.5 Å². The highest BCUT2D eigenvalue weighted by atomic mass is 16.4. The number of carboxylic acids is 1. The zero-order valence-corrected chi connectivity index (χ0v) is 11.9. The Balaban J connectivity index is 1.98. The summed E-state index contributed by atoms with van der Waals surface area (Å²) in [7, 11) is 0. The number of phenolic OH excluding ortho intramolecular Hbond substituents is 1. The topological polar surface area (TPSA) is 113 Å². The monoisotopic (exact) mass is 292 g/mol. The van der Waals surface area contributed by atoms with E-state index in [1.54, 1.807) is 12.1 Å². The van der Waals surface area contributed by atoms with Crippen LogP contribution in [0.3, 0.4) is 0 Å². The molecule has 0 radical (unpaired) electrons. The summed E-state index contributed by atoms with van der Waals surface area (Å²) >= 11 is 0. The Hall–Kier alpha value is -2.08. The SMILES string of the molecule is CC(NC(=O)[C@@H](N)Cc1ccc(O)cc1)(C(=O)O)C1CC1. The van der Waals surface area contributed by atoms with Gasteiger partial charge in [-0.2, -0.15) is 0 Å². The van der Waals surface area contributed by atoms with Gasteiger partial charge in [0.25, 0.3) is 0 Å². The maximum atomic E-state index is 12.1.